The number of phenolic OH excluding ortho intramolecular Hbond substituents is 1. The minimum atomic E-state index is -1.83. The summed E-state index contributed by atoms with van der Waals surface area (Å²) in [4.78, 5) is 136. The van der Waals surface area contributed by atoms with Gasteiger partial charge in [-0.2, -0.15) is 0 Å². The second-order valence-corrected chi connectivity index (χ2v) is 12.1. The third kappa shape index (κ3) is 18.0. The van der Waals surface area contributed by atoms with Gasteiger partial charge in [-0.05, 0) is 30.5 Å². The quantitative estimate of drug-likeness (QED) is 0.0439. The van der Waals surface area contributed by atoms with Gasteiger partial charge in [0, 0.05) is 19.3 Å². The summed E-state index contributed by atoms with van der Waals surface area (Å²) in [5, 5.41) is 30.0. The highest BCUT2D eigenvalue weighted by Gasteiger charge is 2.34. The number of carboxylic acids is 1. The van der Waals surface area contributed by atoms with E-state index in [1.165, 1.54) is 24.3 Å². The van der Waals surface area contributed by atoms with E-state index in [4.69, 9.17) is 34.4 Å². The number of rotatable bonds is 25. The van der Waals surface area contributed by atoms with Crippen molar-refractivity contribution in [2.45, 2.75) is 87.6 Å². The highest BCUT2D eigenvalue weighted by atomic mass is 16.4. The number of primary amides is 5. The topological polar surface area (TPSA) is 444 Å². The largest absolute Gasteiger partial charge is 0.508 e. The van der Waals surface area contributed by atoms with Crippen LogP contribution in [0.2, 0.25) is 0 Å². The summed E-state index contributed by atoms with van der Waals surface area (Å²) in [6.07, 6.45) is -4.79. The number of benzene rings is 1. The summed E-state index contributed by atoms with van der Waals surface area (Å²) in [6, 6.07) is -4.92. The SMILES string of the molecule is NC(=O)CC[C@H](NC(=O)[C@H](CCC(N)=O)NC(=O)[C@H](CC(N)=O)NC(=O)[C@@H](N)CC(N)=O)C(=O)N[C@@H](CC(N)=O)C(=O)N[C@@H](Cc1ccc(O)cc1)C(=O)O. The Morgan fingerprint density at radius 3 is 1.20 bits per heavy atom. The molecule has 6 atom stereocenters. The number of carbonyl (C=O) groups excluding carboxylic acids is 10. The van der Waals surface area contributed by atoms with Crippen LogP contribution >= 0.6 is 0 Å². The minimum Gasteiger partial charge on any atom is -0.508 e. The molecule has 0 aliphatic rings. The molecular weight excluding hydrogens is 734 g/mol. The van der Waals surface area contributed by atoms with Crippen LogP contribution in [0.25, 0.3) is 0 Å². The van der Waals surface area contributed by atoms with Gasteiger partial charge in [0.05, 0.1) is 25.3 Å². The number of nitrogens with one attached hydrogen (secondary N) is 5. The maximum absolute atomic E-state index is 13.5. The van der Waals surface area contributed by atoms with E-state index in [1.54, 1.807) is 0 Å². The number of nitrogens with two attached hydrogens (primary N) is 6. The monoisotopic (exact) mass is 779 g/mol. The van der Waals surface area contributed by atoms with E-state index in [1.807, 2.05) is 0 Å². The summed E-state index contributed by atoms with van der Waals surface area (Å²) in [5.74, 6) is -12.6. The van der Waals surface area contributed by atoms with Gasteiger partial charge in [-0.15, -0.1) is 0 Å². The molecule has 19 N–H and O–H groups in total. The summed E-state index contributed by atoms with van der Waals surface area (Å²) >= 11 is 0. The lowest BCUT2D eigenvalue weighted by Crippen LogP contribution is -2.60. The molecule has 1 aromatic carbocycles. The molecule has 10 amide bonds. The van der Waals surface area contributed by atoms with Gasteiger partial charge in [0.25, 0.3) is 0 Å². The number of aliphatic carboxylic acids is 1. The van der Waals surface area contributed by atoms with Crippen LogP contribution in [0.4, 0.5) is 0 Å². The van der Waals surface area contributed by atoms with Crippen molar-refractivity contribution in [2.24, 2.45) is 34.4 Å². The molecule has 0 heterocycles. The van der Waals surface area contributed by atoms with Crippen molar-refractivity contribution in [3.8, 4) is 5.75 Å². The van der Waals surface area contributed by atoms with Crippen LogP contribution in [0.1, 0.15) is 50.5 Å². The first-order valence-electron chi connectivity index (χ1n) is 16.3. The lowest BCUT2D eigenvalue weighted by atomic mass is 10.0. The molecule has 0 saturated carbocycles. The van der Waals surface area contributed by atoms with E-state index in [2.05, 4.69) is 26.6 Å². The van der Waals surface area contributed by atoms with Crippen molar-refractivity contribution in [1.29, 1.82) is 0 Å². The van der Waals surface area contributed by atoms with E-state index >= 15 is 0 Å². The minimum absolute atomic E-state index is 0.108. The van der Waals surface area contributed by atoms with Crippen molar-refractivity contribution >= 4 is 65.0 Å². The third-order valence-electron chi connectivity index (χ3n) is 7.45. The number of aromatic hydroxyl groups is 1. The molecule has 0 fully saturated rings. The fourth-order valence-electron chi connectivity index (χ4n) is 4.68. The Kier molecular flexibility index (Phi) is 18.7. The Balaban J connectivity index is 3.34. The summed E-state index contributed by atoms with van der Waals surface area (Å²) < 4.78 is 0. The van der Waals surface area contributed by atoms with E-state index in [0.717, 1.165) is 0 Å². The molecule has 302 valence electrons. The third-order valence-corrected chi connectivity index (χ3v) is 7.45. The van der Waals surface area contributed by atoms with Crippen LogP contribution in [0, 0.1) is 0 Å². The molecule has 24 heteroatoms. The van der Waals surface area contributed by atoms with Gasteiger partial charge in [-0.25, -0.2) is 4.79 Å². The number of carboxylic acid groups (broad SMARTS) is 1. The van der Waals surface area contributed by atoms with Gasteiger partial charge in [-0.3, -0.25) is 47.9 Å². The van der Waals surface area contributed by atoms with Gasteiger partial charge in [-0.1, -0.05) is 12.1 Å². The van der Waals surface area contributed by atoms with E-state index in [-0.39, 0.29) is 12.2 Å². The standard InChI is InChI=1S/C31H45N11O13/c32-15(10-23(35)46)26(49)40-18(11-24(36)47)29(52)39-16(5-7-21(33)44)27(50)38-17(6-8-22(34)45)28(51)41-19(12-25(37)48)30(53)42-20(31(54)55)9-13-1-3-14(43)4-2-13/h1-4,15-20,43H,5-12,32H2,(H2,33,44)(H2,34,45)(H2,35,46)(H2,36,47)(H2,37,48)(H,38,50)(H,39,52)(H,40,49)(H,41,51)(H,42,53)(H,54,55)/t15-,16-,17-,18-,19-,20-/m0/s1. The van der Waals surface area contributed by atoms with Gasteiger partial charge in [0.1, 0.15) is 36.0 Å². The van der Waals surface area contributed by atoms with Gasteiger partial charge in [0.15, 0.2) is 0 Å². The summed E-state index contributed by atoms with van der Waals surface area (Å²) in [6.45, 7) is 0. The highest BCUT2D eigenvalue weighted by molar-refractivity contribution is 5.99. The predicted octanol–water partition coefficient (Wildman–Crippen LogP) is -7.07. The zero-order valence-electron chi connectivity index (χ0n) is 29.3. The second kappa shape index (κ2) is 22.3. The van der Waals surface area contributed by atoms with Gasteiger partial charge < -0.3 is 71.2 Å². The Morgan fingerprint density at radius 1 is 0.491 bits per heavy atom. The fraction of sp³-hybridized carbons (Fsp3) is 0.452. The number of hydrogen-bond acceptors (Lipinski definition) is 13. The molecule has 1 aromatic rings. The maximum Gasteiger partial charge on any atom is 0.326 e. The predicted molar refractivity (Wildman–Crippen MR) is 185 cm³/mol. The average Bonchev–Trinajstić information content (AvgIpc) is 3.07. The molecule has 0 aromatic heterocycles. The maximum atomic E-state index is 13.5. The molecule has 0 aliphatic carbocycles. The Bertz CT molecular complexity index is 1640. The van der Waals surface area contributed by atoms with Crippen LogP contribution in [0.5, 0.6) is 5.75 Å². The van der Waals surface area contributed by atoms with E-state index < -0.39 is 146 Å². The molecule has 0 spiro atoms. The second-order valence-electron chi connectivity index (χ2n) is 12.1. The first-order chi connectivity index (χ1) is 25.6. The van der Waals surface area contributed by atoms with Crippen molar-refractivity contribution in [3.63, 3.8) is 0 Å². The number of hydrogen-bond donors (Lipinski definition) is 13. The van der Waals surface area contributed by atoms with E-state index in [9.17, 15) is 63.0 Å². The molecule has 55 heavy (non-hydrogen) atoms. The van der Waals surface area contributed by atoms with Crippen LogP contribution in [0.3, 0.4) is 0 Å². The summed E-state index contributed by atoms with van der Waals surface area (Å²) in [5.41, 5.74) is 31.8. The Labute approximate surface area is 312 Å². The van der Waals surface area contributed by atoms with Gasteiger partial charge >= 0.3 is 5.97 Å². The highest BCUT2D eigenvalue weighted by Crippen LogP contribution is 2.12. The van der Waals surface area contributed by atoms with E-state index in [0.29, 0.717) is 5.56 Å². The zero-order chi connectivity index (χ0) is 42.0. The lowest BCUT2D eigenvalue weighted by Gasteiger charge is -2.26. The Hall–Kier alpha value is -6.85. The zero-order valence-corrected chi connectivity index (χ0v) is 29.3. The number of phenols is 1. The van der Waals surface area contributed by atoms with Crippen molar-refractivity contribution in [2.75, 3.05) is 0 Å². The fourth-order valence-corrected chi connectivity index (χ4v) is 4.68. The smallest absolute Gasteiger partial charge is 0.326 e. The van der Waals surface area contributed by atoms with Crippen molar-refractivity contribution in [3.05, 3.63) is 29.8 Å². The lowest BCUT2D eigenvalue weighted by molar-refractivity contribution is -0.142. The van der Waals surface area contributed by atoms with Gasteiger partial charge in [0.2, 0.25) is 59.1 Å². The molecular formula is C31H45N11O13. The average molecular weight is 780 g/mol. The molecule has 0 aliphatic heterocycles. The molecule has 0 unspecified atom stereocenters. The normalized spacial score (nSPS) is 13.9. The molecule has 1 rings (SSSR count). The van der Waals surface area contributed by atoms with Crippen molar-refractivity contribution < 1.29 is 63.0 Å². The Morgan fingerprint density at radius 2 is 0.836 bits per heavy atom. The molecule has 0 saturated heterocycles. The van der Waals surface area contributed by atoms with Crippen LogP contribution in [-0.4, -0.2) is 112 Å². The van der Waals surface area contributed by atoms with Crippen LogP contribution < -0.4 is 61.0 Å². The van der Waals surface area contributed by atoms with Crippen LogP contribution in [0.15, 0.2) is 24.3 Å². The van der Waals surface area contributed by atoms with Crippen molar-refractivity contribution in [1.82, 2.24) is 26.6 Å². The number of carbonyl (C=O) groups is 11. The molecule has 24 nitrogen and oxygen atoms in total. The molecule has 0 bridgehead atoms. The summed E-state index contributed by atoms with van der Waals surface area (Å²) in [7, 11) is 0. The van der Waals surface area contributed by atoms with Crippen LogP contribution in [-0.2, 0) is 59.2 Å². The molecule has 0 radical (unpaired) electrons. The number of amides is 10. The first kappa shape index (κ1) is 46.2. The first-order valence-corrected chi connectivity index (χ1v) is 16.3.